The van der Waals surface area contributed by atoms with E-state index in [9.17, 15) is 24.0 Å². The summed E-state index contributed by atoms with van der Waals surface area (Å²) in [6, 6.07) is 6.50. The first-order chi connectivity index (χ1) is 20.0. The van der Waals surface area contributed by atoms with Crippen LogP contribution in [0.25, 0.3) is 0 Å². The van der Waals surface area contributed by atoms with Gasteiger partial charge in [-0.2, -0.15) is 0 Å². The lowest BCUT2D eigenvalue weighted by Gasteiger charge is -2.39. The van der Waals surface area contributed by atoms with E-state index in [1.807, 2.05) is 12.1 Å². The smallest absolute Gasteiger partial charge is 0.246 e. The maximum atomic E-state index is 13.4. The van der Waals surface area contributed by atoms with E-state index >= 15 is 0 Å². The maximum Gasteiger partial charge on any atom is 0.246 e. The molecule has 1 aliphatic carbocycles. The third kappa shape index (κ3) is 8.38. The van der Waals surface area contributed by atoms with E-state index in [1.54, 1.807) is 33.1 Å². The molecule has 42 heavy (non-hydrogen) atoms. The highest BCUT2D eigenvalue weighted by atomic mass is 16.5. The molecular formula is C31H47N5O6. The van der Waals surface area contributed by atoms with Crippen molar-refractivity contribution in [1.82, 2.24) is 15.5 Å². The molecule has 5 amide bonds. The van der Waals surface area contributed by atoms with Gasteiger partial charge in [-0.05, 0) is 75.6 Å². The molecule has 1 aromatic carbocycles. The quantitative estimate of drug-likeness (QED) is 0.124. The monoisotopic (exact) mass is 585 g/mol. The predicted octanol–water partition coefficient (Wildman–Crippen LogP) is 2.63. The zero-order valence-electron chi connectivity index (χ0n) is 25.3. The van der Waals surface area contributed by atoms with Gasteiger partial charge < -0.3 is 26.4 Å². The Balaban J connectivity index is 1.50. The molecule has 0 bridgehead atoms. The average Bonchev–Trinajstić information content (AvgIpc) is 3.11. The highest BCUT2D eigenvalue weighted by Crippen LogP contribution is 2.41. The Morgan fingerprint density at radius 3 is 2.29 bits per heavy atom. The van der Waals surface area contributed by atoms with E-state index in [0.29, 0.717) is 70.5 Å². The minimum absolute atomic E-state index is 0.131. The number of likely N-dealkylation sites (tertiary alicyclic amines) is 1. The Labute approximate surface area is 248 Å². The molecule has 1 heterocycles. The second kappa shape index (κ2) is 15.2. The molecule has 0 radical (unpaired) electrons. The van der Waals surface area contributed by atoms with Crippen molar-refractivity contribution < 1.29 is 28.7 Å². The highest BCUT2D eigenvalue weighted by molar-refractivity contribution is 6.08. The van der Waals surface area contributed by atoms with Crippen LogP contribution in [0.5, 0.6) is 0 Å². The number of unbranched alkanes of at least 4 members (excludes halogenated alkanes) is 3. The van der Waals surface area contributed by atoms with Gasteiger partial charge in [0.25, 0.3) is 0 Å². The molecule has 0 unspecified atom stereocenters. The number of nitrogens with zero attached hydrogens (tertiary/aromatic N) is 1. The number of rotatable bonds is 17. The molecule has 2 fully saturated rings. The fourth-order valence-electron chi connectivity index (χ4n) is 5.42. The fraction of sp³-hybridized carbons (Fsp3) is 0.645. The second-order valence-corrected chi connectivity index (χ2v) is 12.1. The van der Waals surface area contributed by atoms with Crippen LogP contribution in [0.3, 0.4) is 0 Å². The number of benzene rings is 1. The first kappa shape index (κ1) is 33.2. The van der Waals surface area contributed by atoms with Gasteiger partial charge in [-0.15, -0.1) is 0 Å². The number of nitrogens with one attached hydrogen (secondary N) is 3. The van der Waals surface area contributed by atoms with Crippen LogP contribution in [0, 0.1) is 10.8 Å². The number of hydrogen-bond donors (Lipinski definition) is 4. The molecule has 0 spiro atoms. The molecule has 232 valence electrons. The van der Waals surface area contributed by atoms with Crippen LogP contribution in [0.1, 0.15) is 83.6 Å². The Morgan fingerprint density at radius 2 is 1.71 bits per heavy atom. The normalized spacial score (nSPS) is 17.9. The van der Waals surface area contributed by atoms with E-state index in [1.165, 1.54) is 4.90 Å². The first-order valence-corrected chi connectivity index (χ1v) is 15.1. The molecule has 1 aromatic rings. The van der Waals surface area contributed by atoms with Crippen molar-refractivity contribution in [2.45, 2.75) is 90.7 Å². The van der Waals surface area contributed by atoms with Gasteiger partial charge in [0.05, 0.1) is 12.0 Å². The second-order valence-electron chi connectivity index (χ2n) is 12.1. The van der Waals surface area contributed by atoms with Crippen molar-refractivity contribution in [3.63, 3.8) is 0 Å². The Hall–Kier alpha value is -3.31. The number of hydrogen-bond acceptors (Lipinski definition) is 7. The number of ether oxygens (including phenoxy) is 1. The Bertz CT molecular complexity index is 1120. The van der Waals surface area contributed by atoms with Gasteiger partial charge in [0.15, 0.2) is 0 Å². The van der Waals surface area contributed by atoms with Gasteiger partial charge in [0.1, 0.15) is 11.5 Å². The molecule has 1 saturated heterocycles. The van der Waals surface area contributed by atoms with Crippen LogP contribution >= 0.6 is 0 Å². The standard InChI is InChI=1S/C31H47N5O6/c1-30(2)20-25(37)36(29(30)41)19-8-4-7-18-33-27(39)31(15-9-16-31)28(40)35-24(10-5-6-17-32)26(38)34-23-13-11-22(12-14-23)21-42-3/h11-14,24H,4-10,15-21,32H2,1-3H3,(H,33,39)(H,34,38)(H,35,40)/t24-/m0/s1. The highest BCUT2D eigenvalue weighted by Gasteiger charge is 2.51. The van der Waals surface area contributed by atoms with Gasteiger partial charge in [-0.3, -0.25) is 28.9 Å². The number of methoxy groups -OCH3 is 1. The van der Waals surface area contributed by atoms with E-state index < -0.39 is 22.8 Å². The van der Waals surface area contributed by atoms with Gasteiger partial charge in [-0.1, -0.05) is 32.4 Å². The number of imide groups is 1. The summed E-state index contributed by atoms with van der Waals surface area (Å²) in [4.78, 5) is 65.6. The van der Waals surface area contributed by atoms with Gasteiger partial charge in [0, 0.05) is 32.3 Å². The zero-order valence-corrected chi connectivity index (χ0v) is 25.3. The molecule has 2 aliphatic rings. The molecule has 1 atom stereocenters. The number of carbonyl (C=O) groups is 5. The average molecular weight is 586 g/mol. The first-order valence-electron chi connectivity index (χ1n) is 15.1. The van der Waals surface area contributed by atoms with Crippen LogP contribution in [-0.4, -0.2) is 67.2 Å². The van der Waals surface area contributed by atoms with Gasteiger partial charge >= 0.3 is 0 Å². The number of amides is 5. The largest absolute Gasteiger partial charge is 0.380 e. The SMILES string of the molecule is COCc1ccc(NC(=O)[C@H](CCCCN)NC(=O)C2(C(=O)NCCCCCN3C(=O)CC(C)(C)C3=O)CCC2)cc1. The summed E-state index contributed by atoms with van der Waals surface area (Å²) in [6.45, 7) is 5.29. The van der Waals surface area contributed by atoms with Crippen molar-refractivity contribution in [3.8, 4) is 0 Å². The summed E-state index contributed by atoms with van der Waals surface area (Å²) in [6.07, 6.45) is 5.69. The minimum atomic E-state index is -1.19. The molecule has 11 heteroatoms. The lowest BCUT2D eigenvalue weighted by atomic mass is 9.67. The summed E-state index contributed by atoms with van der Waals surface area (Å²) in [5.74, 6) is -1.36. The van der Waals surface area contributed by atoms with Crippen molar-refractivity contribution in [1.29, 1.82) is 0 Å². The topological polar surface area (TPSA) is 160 Å². The molecule has 1 saturated carbocycles. The van der Waals surface area contributed by atoms with Gasteiger partial charge in [-0.25, -0.2) is 0 Å². The lowest BCUT2D eigenvalue weighted by Crippen LogP contribution is -2.58. The summed E-state index contributed by atoms with van der Waals surface area (Å²) >= 11 is 0. The molecule has 0 aromatic heterocycles. The summed E-state index contributed by atoms with van der Waals surface area (Å²) < 4.78 is 5.13. The van der Waals surface area contributed by atoms with E-state index in [4.69, 9.17) is 10.5 Å². The van der Waals surface area contributed by atoms with Crippen LogP contribution in [0.2, 0.25) is 0 Å². The summed E-state index contributed by atoms with van der Waals surface area (Å²) in [5, 5.41) is 8.64. The molecule has 5 N–H and O–H groups in total. The van der Waals surface area contributed by atoms with Crippen molar-refractivity contribution in [3.05, 3.63) is 29.8 Å². The zero-order chi connectivity index (χ0) is 30.8. The van der Waals surface area contributed by atoms with E-state index in [0.717, 1.165) is 24.8 Å². The van der Waals surface area contributed by atoms with Crippen LogP contribution in [0.15, 0.2) is 24.3 Å². The molecule has 1 aliphatic heterocycles. The molecule has 3 rings (SSSR count). The number of nitrogens with two attached hydrogens (primary N) is 1. The van der Waals surface area contributed by atoms with Gasteiger partial charge in [0.2, 0.25) is 29.5 Å². The summed E-state index contributed by atoms with van der Waals surface area (Å²) in [7, 11) is 1.62. The molecule has 11 nitrogen and oxygen atoms in total. The predicted molar refractivity (Wildman–Crippen MR) is 159 cm³/mol. The van der Waals surface area contributed by atoms with Crippen LogP contribution in [-0.2, 0) is 35.3 Å². The van der Waals surface area contributed by atoms with Crippen LogP contribution in [0.4, 0.5) is 5.69 Å². The summed E-state index contributed by atoms with van der Waals surface area (Å²) in [5.41, 5.74) is 5.40. The number of carbonyl (C=O) groups excluding carboxylic acids is 5. The Kier molecular flexibility index (Phi) is 12.0. The van der Waals surface area contributed by atoms with E-state index in [2.05, 4.69) is 16.0 Å². The number of anilines is 1. The lowest BCUT2D eigenvalue weighted by molar-refractivity contribution is -0.151. The molecular weight excluding hydrogens is 538 g/mol. The van der Waals surface area contributed by atoms with Crippen LogP contribution < -0.4 is 21.7 Å². The fourth-order valence-corrected chi connectivity index (χ4v) is 5.42. The maximum absolute atomic E-state index is 13.4. The third-order valence-electron chi connectivity index (χ3n) is 8.24. The van der Waals surface area contributed by atoms with Crippen molar-refractivity contribution >= 4 is 35.2 Å². The Morgan fingerprint density at radius 1 is 1.00 bits per heavy atom. The van der Waals surface area contributed by atoms with E-state index in [-0.39, 0.29) is 30.0 Å². The minimum Gasteiger partial charge on any atom is -0.380 e. The third-order valence-corrected chi connectivity index (χ3v) is 8.24. The van der Waals surface area contributed by atoms with Crippen molar-refractivity contribution in [2.24, 2.45) is 16.6 Å². The van der Waals surface area contributed by atoms with Crippen molar-refractivity contribution in [2.75, 3.05) is 32.1 Å².